The van der Waals surface area contributed by atoms with Crippen LogP contribution in [0.25, 0.3) is 0 Å². The van der Waals surface area contributed by atoms with Gasteiger partial charge in [0.15, 0.2) is 0 Å². The van der Waals surface area contributed by atoms with Crippen LogP contribution in [-0.4, -0.2) is 19.4 Å². The molecule has 0 spiro atoms. The molecule has 1 aliphatic rings. The Kier molecular flexibility index (Phi) is 4.25. The van der Waals surface area contributed by atoms with Crippen LogP contribution >= 0.6 is 23.4 Å². The lowest BCUT2D eigenvalue weighted by atomic mass is 10.2. The minimum absolute atomic E-state index is 0.199. The number of anilines is 2. The van der Waals surface area contributed by atoms with Crippen LogP contribution in [0.15, 0.2) is 52.3 Å². The van der Waals surface area contributed by atoms with Crippen molar-refractivity contribution in [1.82, 2.24) is 5.32 Å². The van der Waals surface area contributed by atoms with Crippen LogP contribution in [0, 0.1) is 0 Å². The van der Waals surface area contributed by atoms with E-state index in [1.807, 2.05) is 35.2 Å². The topological polar surface area (TPSA) is 15.3 Å². The molecule has 0 fully saturated rings. The monoisotopic (exact) mass is 344 g/mol. The smallest absolute Gasteiger partial charge is 0.338 e. The van der Waals surface area contributed by atoms with Crippen molar-refractivity contribution < 1.29 is 13.2 Å². The fourth-order valence-corrected chi connectivity index (χ4v) is 3.60. The molecule has 0 aliphatic carbocycles. The minimum atomic E-state index is -4.37. The molecule has 0 aromatic heterocycles. The predicted octanol–water partition coefficient (Wildman–Crippen LogP) is 5.05. The number of alkyl halides is 3. The molecule has 0 atom stereocenters. The molecular weight excluding hydrogens is 333 g/mol. The maximum absolute atomic E-state index is 12.3. The van der Waals surface area contributed by atoms with Crippen molar-refractivity contribution in [3.8, 4) is 0 Å². The summed E-state index contributed by atoms with van der Waals surface area (Å²) in [5, 5.41) is 2.13. The molecule has 0 unspecified atom stereocenters. The van der Waals surface area contributed by atoms with Gasteiger partial charge in [0, 0.05) is 27.9 Å². The Morgan fingerprint density at radius 1 is 1.05 bits per heavy atom. The average molecular weight is 345 g/mol. The summed E-state index contributed by atoms with van der Waals surface area (Å²) in [6, 6.07) is 13.1. The minimum Gasteiger partial charge on any atom is -0.338 e. The van der Waals surface area contributed by atoms with Gasteiger partial charge in [-0.1, -0.05) is 35.5 Å². The van der Waals surface area contributed by atoms with E-state index >= 15 is 0 Å². The quantitative estimate of drug-likeness (QED) is 0.784. The Morgan fingerprint density at radius 2 is 1.77 bits per heavy atom. The van der Waals surface area contributed by atoms with Gasteiger partial charge in [0.1, 0.15) is 0 Å². The fraction of sp³-hybridized carbons (Fsp3) is 0.200. The standard InChI is InChI=1S/C15H12ClF3N2S/c16-10-5-6-14-12(9-10)21(8-7-20-15(17,18)19)11-3-1-2-4-13(11)22-14/h1-6,9,20H,7-8H2. The first-order valence-corrected chi connectivity index (χ1v) is 7.79. The SMILES string of the molecule is FC(F)(F)NCCN1c2ccccc2Sc2ccc(Cl)cc21. The molecule has 2 aromatic carbocycles. The summed E-state index contributed by atoms with van der Waals surface area (Å²) >= 11 is 7.64. The molecule has 1 heterocycles. The lowest BCUT2D eigenvalue weighted by molar-refractivity contribution is -0.156. The second-order valence-electron chi connectivity index (χ2n) is 4.76. The first-order valence-electron chi connectivity index (χ1n) is 6.60. The van der Waals surface area contributed by atoms with E-state index in [-0.39, 0.29) is 13.1 Å². The van der Waals surface area contributed by atoms with Gasteiger partial charge in [-0.05, 0) is 30.3 Å². The molecular formula is C15H12ClF3N2S. The molecule has 22 heavy (non-hydrogen) atoms. The van der Waals surface area contributed by atoms with Crippen molar-refractivity contribution >= 4 is 34.7 Å². The van der Waals surface area contributed by atoms with Crippen molar-refractivity contribution in [2.45, 2.75) is 16.1 Å². The molecule has 7 heteroatoms. The maximum Gasteiger partial charge on any atom is 0.457 e. The number of nitrogens with zero attached hydrogens (tertiary/aromatic N) is 1. The first-order chi connectivity index (χ1) is 10.4. The highest BCUT2D eigenvalue weighted by molar-refractivity contribution is 7.99. The van der Waals surface area contributed by atoms with Crippen molar-refractivity contribution in [2.75, 3.05) is 18.0 Å². The van der Waals surface area contributed by atoms with Gasteiger partial charge in [-0.3, -0.25) is 0 Å². The van der Waals surface area contributed by atoms with Crippen molar-refractivity contribution in [3.05, 3.63) is 47.5 Å². The number of rotatable bonds is 3. The van der Waals surface area contributed by atoms with Gasteiger partial charge < -0.3 is 4.90 Å². The van der Waals surface area contributed by atoms with E-state index in [0.717, 1.165) is 21.2 Å². The lowest BCUT2D eigenvalue weighted by Crippen LogP contribution is -2.38. The Hall–Kier alpha value is -1.37. The summed E-state index contributed by atoms with van der Waals surface area (Å²) in [5.74, 6) is 0. The van der Waals surface area contributed by atoms with Gasteiger partial charge in [0.25, 0.3) is 0 Å². The normalized spacial score (nSPS) is 13.7. The molecule has 3 rings (SSSR count). The molecule has 0 amide bonds. The molecule has 1 aliphatic heterocycles. The number of hydrogen-bond acceptors (Lipinski definition) is 3. The number of halogens is 4. The van der Waals surface area contributed by atoms with E-state index < -0.39 is 6.30 Å². The van der Waals surface area contributed by atoms with Gasteiger partial charge in [-0.25, -0.2) is 5.32 Å². The van der Waals surface area contributed by atoms with Crippen LogP contribution in [0.2, 0.25) is 5.02 Å². The third-order valence-electron chi connectivity index (χ3n) is 3.25. The molecule has 1 N–H and O–H groups in total. The van der Waals surface area contributed by atoms with Crippen LogP contribution < -0.4 is 10.2 Å². The zero-order chi connectivity index (χ0) is 15.7. The largest absolute Gasteiger partial charge is 0.457 e. The van der Waals surface area contributed by atoms with Crippen LogP contribution in [0.4, 0.5) is 24.5 Å². The van der Waals surface area contributed by atoms with Crippen molar-refractivity contribution in [3.63, 3.8) is 0 Å². The van der Waals surface area contributed by atoms with Gasteiger partial charge >= 0.3 is 6.30 Å². The third kappa shape index (κ3) is 3.34. The Labute approximate surface area is 135 Å². The molecule has 116 valence electrons. The van der Waals surface area contributed by atoms with Crippen LogP contribution in [0.1, 0.15) is 0 Å². The van der Waals surface area contributed by atoms with E-state index in [2.05, 4.69) is 0 Å². The number of hydrogen-bond donors (Lipinski definition) is 1. The van der Waals surface area contributed by atoms with E-state index in [0.29, 0.717) is 5.02 Å². The molecule has 2 nitrogen and oxygen atoms in total. The van der Waals surface area contributed by atoms with Gasteiger partial charge in [-0.2, -0.15) is 13.2 Å². The highest BCUT2D eigenvalue weighted by Gasteiger charge is 2.28. The summed E-state index contributed by atoms with van der Waals surface area (Å²) in [4.78, 5) is 3.87. The number of fused-ring (bicyclic) bond motifs is 2. The zero-order valence-corrected chi connectivity index (χ0v) is 12.9. The van der Waals surface area contributed by atoms with E-state index in [1.165, 1.54) is 0 Å². The third-order valence-corrected chi connectivity index (χ3v) is 4.61. The van der Waals surface area contributed by atoms with Gasteiger partial charge in [-0.15, -0.1) is 0 Å². The Balaban J connectivity index is 1.92. The summed E-state index contributed by atoms with van der Waals surface area (Å²) in [6.07, 6.45) is -4.37. The molecule has 0 radical (unpaired) electrons. The summed E-state index contributed by atoms with van der Waals surface area (Å²) < 4.78 is 36.9. The van der Waals surface area contributed by atoms with Crippen LogP contribution in [0.3, 0.4) is 0 Å². The summed E-state index contributed by atoms with van der Waals surface area (Å²) in [5.41, 5.74) is 1.73. The number of para-hydroxylation sites is 1. The number of nitrogens with one attached hydrogen (secondary N) is 1. The summed E-state index contributed by atoms with van der Waals surface area (Å²) in [7, 11) is 0. The van der Waals surface area contributed by atoms with E-state index in [4.69, 9.17) is 11.6 Å². The van der Waals surface area contributed by atoms with Gasteiger partial charge in [0.05, 0.1) is 11.4 Å². The second kappa shape index (κ2) is 6.02. The van der Waals surface area contributed by atoms with Crippen molar-refractivity contribution in [1.29, 1.82) is 0 Å². The van der Waals surface area contributed by atoms with Crippen molar-refractivity contribution in [2.24, 2.45) is 0 Å². The zero-order valence-electron chi connectivity index (χ0n) is 11.3. The van der Waals surface area contributed by atoms with E-state index in [1.54, 1.807) is 29.2 Å². The molecule has 0 bridgehead atoms. The second-order valence-corrected chi connectivity index (χ2v) is 6.28. The van der Waals surface area contributed by atoms with Crippen LogP contribution in [-0.2, 0) is 0 Å². The molecule has 0 saturated carbocycles. The Bertz CT molecular complexity index is 691. The van der Waals surface area contributed by atoms with Crippen LogP contribution in [0.5, 0.6) is 0 Å². The Morgan fingerprint density at radius 3 is 2.55 bits per heavy atom. The lowest BCUT2D eigenvalue weighted by Gasteiger charge is -2.33. The highest BCUT2D eigenvalue weighted by Crippen LogP contribution is 2.48. The maximum atomic E-state index is 12.3. The highest BCUT2D eigenvalue weighted by atomic mass is 35.5. The fourth-order valence-electron chi connectivity index (χ4n) is 2.35. The molecule has 0 saturated heterocycles. The number of benzene rings is 2. The molecule has 2 aromatic rings. The summed E-state index contributed by atoms with van der Waals surface area (Å²) in [6.45, 7) is -0.00111. The first kappa shape index (κ1) is 15.5. The van der Waals surface area contributed by atoms with E-state index in [9.17, 15) is 13.2 Å². The predicted molar refractivity (Wildman–Crippen MR) is 83.1 cm³/mol. The van der Waals surface area contributed by atoms with Gasteiger partial charge in [0.2, 0.25) is 0 Å². The average Bonchev–Trinajstić information content (AvgIpc) is 2.46.